The summed E-state index contributed by atoms with van der Waals surface area (Å²) in [6.45, 7) is 0. The highest BCUT2D eigenvalue weighted by Gasteiger charge is 2.20. The first-order chi connectivity index (χ1) is 21.8. The van der Waals surface area contributed by atoms with Crippen molar-refractivity contribution in [2.45, 2.75) is 0 Å². The predicted molar refractivity (Wildman–Crippen MR) is 180 cm³/mol. The van der Waals surface area contributed by atoms with Gasteiger partial charge in [-0.05, 0) is 72.8 Å². The summed E-state index contributed by atoms with van der Waals surface area (Å²) in [7, 11) is 0. The van der Waals surface area contributed by atoms with E-state index in [0.717, 1.165) is 60.8 Å². The molecule has 44 heavy (non-hydrogen) atoms. The van der Waals surface area contributed by atoms with Crippen LogP contribution in [0.2, 0.25) is 0 Å². The van der Waals surface area contributed by atoms with Gasteiger partial charge in [-0.25, -0.2) is 9.97 Å². The largest absolute Gasteiger partial charge is 0.436 e. The Morgan fingerprint density at radius 3 is 1.70 bits per heavy atom. The summed E-state index contributed by atoms with van der Waals surface area (Å²) in [5.74, 6) is 1.21. The molecule has 0 amide bonds. The van der Waals surface area contributed by atoms with Crippen LogP contribution in [0.3, 0.4) is 0 Å². The molecule has 0 unspecified atom stereocenters. The molecule has 6 aromatic carbocycles. The summed E-state index contributed by atoms with van der Waals surface area (Å²) < 4.78 is 17.3. The average Bonchev–Trinajstić information content (AvgIpc) is 3.85. The van der Waals surface area contributed by atoms with Crippen molar-refractivity contribution in [2.75, 3.05) is 0 Å². The third-order valence-electron chi connectivity index (χ3n) is 8.47. The molecule has 5 nitrogen and oxygen atoms in total. The van der Waals surface area contributed by atoms with Gasteiger partial charge in [0.05, 0.1) is 21.4 Å². The molecule has 0 aliphatic carbocycles. The highest BCUT2D eigenvalue weighted by atomic mass is 32.1. The molecule has 0 aliphatic heterocycles. The van der Waals surface area contributed by atoms with Crippen LogP contribution in [-0.2, 0) is 0 Å². The first-order valence-corrected chi connectivity index (χ1v) is 15.3. The average molecular weight is 584 g/mol. The van der Waals surface area contributed by atoms with Crippen LogP contribution in [0.1, 0.15) is 0 Å². The topological polar surface area (TPSA) is 57.0 Å². The lowest BCUT2D eigenvalue weighted by atomic mass is 10.1. The highest BCUT2D eigenvalue weighted by molar-refractivity contribution is 7.26. The fourth-order valence-electron chi connectivity index (χ4n) is 6.45. The Balaban J connectivity index is 1.27. The van der Waals surface area contributed by atoms with Gasteiger partial charge < -0.3 is 13.4 Å². The van der Waals surface area contributed by atoms with E-state index in [-0.39, 0.29) is 0 Å². The standard InChI is InChI=1S/C38H21N3O2S/c1-6-15-35-24(8-1)25-9-7-12-32(36(25)44-35)41-30-18-16-22(37-39-28-10-2-4-13-33(28)42-37)20-26(30)27-21-23(17-19-31(27)41)38-40-29-11-3-5-14-34(29)43-38/h1-21H. The van der Waals surface area contributed by atoms with Gasteiger partial charge in [-0.3, -0.25) is 0 Å². The normalized spacial score (nSPS) is 12.1. The Morgan fingerprint density at radius 1 is 0.500 bits per heavy atom. The third-order valence-corrected chi connectivity index (χ3v) is 9.68. The molecule has 10 aromatic rings. The van der Waals surface area contributed by atoms with Crippen LogP contribution in [0.5, 0.6) is 0 Å². The van der Waals surface area contributed by atoms with Gasteiger partial charge in [0, 0.05) is 37.4 Å². The smallest absolute Gasteiger partial charge is 0.227 e. The lowest BCUT2D eigenvalue weighted by Gasteiger charge is -2.09. The molecular formula is C38H21N3O2S. The van der Waals surface area contributed by atoms with Gasteiger partial charge >= 0.3 is 0 Å². The minimum atomic E-state index is 0.607. The minimum absolute atomic E-state index is 0.607. The fraction of sp³-hybridized carbons (Fsp3) is 0. The third kappa shape index (κ3) is 3.40. The van der Waals surface area contributed by atoms with Crippen LogP contribution in [0, 0.1) is 0 Å². The quantitative estimate of drug-likeness (QED) is 0.208. The van der Waals surface area contributed by atoms with Crippen LogP contribution in [0.15, 0.2) is 136 Å². The van der Waals surface area contributed by atoms with Crippen molar-refractivity contribution in [3.8, 4) is 28.6 Å². The molecule has 0 fully saturated rings. The first-order valence-electron chi connectivity index (χ1n) is 14.5. The predicted octanol–water partition coefficient (Wildman–Crippen LogP) is 10.8. The summed E-state index contributed by atoms with van der Waals surface area (Å²) in [6, 6.07) is 44.0. The Bertz CT molecular complexity index is 2550. The van der Waals surface area contributed by atoms with E-state index < -0.39 is 0 Å². The maximum atomic E-state index is 6.18. The van der Waals surface area contributed by atoms with Crippen LogP contribution >= 0.6 is 11.3 Å². The summed E-state index contributed by atoms with van der Waals surface area (Å²) >= 11 is 1.84. The van der Waals surface area contributed by atoms with Gasteiger partial charge in [0.2, 0.25) is 11.8 Å². The molecule has 10 rings (SSSR count). The van der Waals surface area contributed by atoms with E-state index >= 15 is 0 Å². The molecule has 4 aromatic heterocycles. The number of rotatable bonds is 3. The van der Waals surface area contributed by atoms with Crippen LogP contribution < -0.4 is 0 Å². The second-order valence-electron chi connectivity index (χ2n) is 11.0. The molecular weight excluding hydrogens is 563 g/mol. The second-order valence-corrected chi connectivity index (χ2v) is 12.1. The molecule has 0 saturated heterocycles. The summed E-state index contributed by atoms with van der Waals surface area (Å²) in [5.41, 5.74) is 8.49. The minimum Gasteiger partial charge on any atom is -0.436 e. The molecule has 0 saturated carbocycles. The van der Waals surface area contributed by atoms with E-state index in [1.165, 1.54) is 20.2 Å². The molecule has 206 valence electrons. The highest BCUT2D eigenvalue weighted by Crippen LogP contribution is 2.42. The molecule has 0 bridgehead atoms. The Labute approximate surface area is 254 Å². The number of hydrogen-bond acceptors (Lipinski definition) is 5. The van der Waals surface area contributed by atoms with Crippen molar-refractivity contribution in [1.82, 2.24) is 14.5 Å². The van der Waals surface area contributed by atoms with Gasteiger partial charge in [-0.2, -0.15) is 0 Å². The molecule has 0 radical (unpaired) electrons. The van der Waals surface area contributed by atoms with Crippen LogP contribution in [0.25, 0.3) is 92.8 Å². The van der Waals surface area contributed by atoms with Crippen LogP contribution in [0.4, 0.5) is 0 Å². The first kappa shape index (κ1) is 23.8. The van der Waals surface area contributed by atoms with E-state index in [0.29, 0.717) is 11.8 Å². The van der Waals surface area contributed by atoms with E-state index in [9.17, 15) is 0 Å². The number of para-hydroxylation sites is 4. The lowest BCUT2D eigenvalue weighted by Crippen LogP contribution is -1.94. The van der Waals surface area contributed by atoms with Gasteiger partial charge in [0.25, 0.3) is 0 Å². The molecule has 0 spiro atoms. The van der Waals surface area contributed by atoms with E-state index in [4.69, 9.17) is 18.8 Å². The monoisotopic (exact) mass is 583 g/mol. The lowest BCUT2D eigenvalue weighted by molar-refractivity contribution is 0.619. The van der Waals surface area contributed by atoms with Gasteiger partial charge in [-0.15, -0.1) is 11.3 Å². The van der Waals surface area contributed by atoms with Crippen molar-refractivity contribution in [2.24, 2.45) is 0 Å². The number of thiophene rings is 1. The molecule has 0 aliphatic rings. The maximum Gasteiger partial charge on any atom is 0.227 e. The number of oxazole rings is 2. The summed E-state index contributed by atoms with van der Waals surface area (Å²) in [4.78, 5) is 9.59. The Kier molecular flexibility index (Phi) is 4.81. The number of benzene rings is 6. The molecule has 0 N–H and O–H groups in total. The molecule has 4 heterocycles. The number of fused-ring (bicyclic) bond motifs is 8. The van der Waals surface area contributed by atoms with E-state index in [1.807, 2.05) is 59.9 Å². The number of hydrogen-bond donors (Lipinski definition) is 0. The van der Waals surface area contributed by atoms with E-state index in [2.05, 4.69) is 83.4 Å². The maximum absolute atomic E-state index is 6.18. The summed E-state index contributed by atoms with van der Waals surface area (Å²) in [6.07, 6.45) is 0. The summed E-state index contributed by atoms with van der Waals surface area (Å²) in [5, 5.41) is 4.77. The number of aromatic nitrogens is 3. The van der Waals surface area contributed by atoms with Crippen molar-refractivity contribution in [3.05, 3.63) is 127 Å². The number of nitrogens with zero attached hydrogens (tertiary/aromatic N) is 3. The van der Waals surface area contributed by atoms with Crippen molar-refractivity contribution in [3.63, 3.8) is 0 Å². The van der Waals surface area contributed by atoms with Gasteiger partial charge in [-0.1, -0.05) is 54.6 Å². The Morgan fingerprint density at radius 2 is 1.07 bits per heavy atom. The zero-order valence-corrected chi connectivity index (χ0v) is 24.0. The van der Waals surface area contributed by atoms with Crippen LogP contribution in [-0.4, -0.2) is 14.5 Å². The second kappa shape index (κ2) is 8.89. The Hall–Kier alpha value is -5.72. The molecule has 0 atom stereocenters. The SMILES string of the molecule is c1ccc2oc(-c3ccc4c(c3)c3cc(-c5nc6ccccc6o5)ccc3n4-c3cccc4c3sc3ccccc34)nc2c1. The molecule has 6 heteroatoms. The van der Waals surface area contributed by atoms with Gasteiger partial charge in [0.15, 0.2) is 11.2 Å². The zero-order chi connectivity index (χ0) is 28.8. The van der Waals surface area contributed by atoms with Crippen molar-refractivity contribution >= 4 is 75.5 Å². The van der Waals surface area contributed by atoms with E-state index in [1.54, 1.807) is 0 Å². The fourth-order valence-corrected chi connectivity index (χ4v) is 7.65. The zero-order valence-electron chi connectivity index (χ0n) is 23.2. The van der Waals surface area contributed by atoms with Crippen molar-refractivity contribution in [1.29, 1.82) is 0 Å². The van der Waals surface area contributed by atoms with Crippen molar-refractivity contribution < 1.29 is 8.83 Å². The van der Waals surface area contributed by atoms with Gasteiger partial charge in [0.1, 0.15) is 11.0 Å².